The zero-order chi connectivity index (χ0) is 26.9. The quantitative estimate of drug-likeness (QED) is 0.145. The van der Waals surface area contributed by atoms with Crippen LogP contribution in [0.25, 0.3) is 15.9 Å². The molecule has 0 atom stereocenters. The lowest BCUT2D eigenvalue weighted by Gasteiger charge is -2.13. The van der Waals surface area contributed by atoms with Crippen molar-refractivity contribution < 1.29 is 22.4 Å². The van der Waals surface area contributed by atoms with Crippen molar-refractivity contribution in [3.63, 3.8) is 0 Å². The van der Waals surface area contributed by atoms with Crippen LogP contribution in [-0.2, 0) is 17.4 Å². The van der Waals surface area contributed by atoms with Gasteiger partial charge in [0.15, 0.2) is 5.16 Å². The molecule has 12 heteroatoms. The highest BCUT2D eigenvalue weighted by Gasteiger charge is 2.33. The largest absolute Gasteiger partial charge is 0.417 e. The number of anilines is 1. The van der Waals surface area contributed by atoms with Gasteiger partial charge in [0.05, 0.1) is 27.4 Å². The molecular formula is C25H20ClF4N3O2S2. The number of alkyl halides is 3. The lowest BCUT2D eigenvalue weighted by atomic mass is 10.1. The van der Waals surface area contributed by atoms with E-state index in [0.29, 0.717) is 15.9 Å². The van der Waals surface area contributed by atoms with Crippen LogP contribution in [0.15, 0.2) is 52.4 Å². The maximum absolute atomic E-state index is 13.6. The number of carbonyl (C=O) groups excluding carboxylic acids is 1. The second-order valence-electron chi connectivity index (χ2n) is 8.12. The summed E-state index contributed by atoms with van der Waals surface area (Å²) < 4.78 is 54.3. The maximum atomic E-state index is 13.6. The number of aryl methyl sites for hydroxylation is 2. The van der Waals surface area contributed by atoms with E-state index in [-0.39, 0.29) is 22.2 Å². The average Bonchev–Trinajstić information content (AvgIpc) is 3.14. The summed E-state index contributed by atoms with van der Waals surface area (Å²) in [4.78, 5) is 32.4. The molecule has 4 rings (SSSR count). The van der Waals surface area contributed by atoms with E-state index in [4.69, 9.17) is 11.6 Å². The van der Waals surface area contributed by atoms with E-state index in [1.54, 1.807) is 0 Å². The summed E-state index contributed by atoms with van der Waals surface area (Å²) >= 11 is 8.00. The summed E-state index contributed by atoms with van der Waals surface area (Å²) in [5, 5.41) is 2.61. The van der Waals surface area contributed by atoms with Gasteiger partial charge in [0.2, 0.25) is 5.91 Å². The minimum Gasteiger partial charge on any atom is -0.325 e. The molecule has 5 nitrogen and oxygen atoms in total. The predicted molar refractivity (Wildman–Crippen MR) is 140 cm³/mol. The molecule has 37 heavy (non-hydrogen) atoms. The molecule has 1 N–H and O–H groups in total. The first kappa shape index (κ1) is 27.2. The van der Waals surface area contributed by atoms with Gasteiger partial charge in [0.25, 0.3) is 5.56 Å². The molecule has 4 aromatic rings. The molecule has 0 aliphatic carbocycles. The molecule has 0 unspecified atom stereocenters. The Kier molecular flexibility index (Phi) is 7.96. The highest BCUT2D eigenvalue weighted by atomic mass is 35.5. The van der Waals surface area contributed by atoms with Gasteiger partial charge in [-0.1, -0.05) is 36.7 Å². The first-order valence-electron chi connectivity index (χ1n) is 11.1. The number of thioether (sulfide) groups is 1. The van der Waals surface area contributed by atoms with Gasteiger partial charge in [-0.15, -0.1) is 11.3 Å². The number of hydrogen-bond acceptors (Lipinski definition) is 5. The molecule has 0 saturated heterocycles. The molecule has 194 valence electrons. The number of nitrogens with one attached hydrogen (secondary N) is 1. The Hall–Kier alpha value is -2.89. The van der Waals surface area contributed by atoms with Crippen LogP contribution in [0.1, 0.15) is 29.3 Å². The van der Waals surface area contributed by atoms with Crippen molar-refractivity contribution in [2.45, 2.75) is 38.0 Å². The average molecular weight is 570 g/mol. The molecule has 2 heterocycles. The van der Waals surface area contributed by atoms with Crippen molar-refractivity contribution in [1.29, 1.82) is 0 Å². The van der Waals surface area contributed by atoms with E-state index in [1.165, 1.54) is 46.2 Å². The number of rotatable bonds is 7. The van der Waals surface area contributed by atoms with Gasteiger partial charge in [-0.3, -0.25) is 14.2 Å². The number of benzene rings is 2. The number of nitrogens with zero attached hydrogens (tertiary/aromatic N) is 2. The molecule has 2 aromatic heterocycles. The second-order valence-corrected chi connectivity index (χ2v) is 10.6. The van der Waals surface area contributed by atoms with Gasteiger partial charge < -0.3 is 5.32 Å². The Labute approximate surface area is 222 Å². The number of thiophene rings is 1. The number of amides is 1. The molecule has 0 radical (unpaired) electrons. The van der Waals surface area contributed by atoms with Crippen molar-refractivity contribution >= 4 is 56.5 Å². The second kappa shape index (κ2) is 10.8. The Morgan fingerprint density at radius 1 is 1.19 bits per heavy atom. The molecule has 0 aliphatic heterocycles. The van der Waals surface area contributed by atoms with Gasteiger partial charge in [-0.2, -0.15) is 13.2 Å². The Morgan fingerprint density at radius 3 is 2.54 bits per heavy atom. The van der Waals surface area contributed by atoms with Crippen LogP contribution in [0.2, 0.25) is 5.02 Å². The number of carbonyl (C=O) groups is 1. The van der Waals surface area contributed by atoms with Crippen LogP contribution in [0.3, 0.4) is 0 Å². The molecule has 0 fully saturated rings. The van der Waals surface area contributed by atoms with E-state index in [0.717, 1.165) is 47.2 Å². The Bertz CT molecular complexity index is 1530. The van der Waals surface area contributed by atoms with Crippen LogP contribution in [0, 0.1) is 12.7 Å². The number of aromatic nitrogens is 2. The van der Waals surface area contributed by atoms with E-state index in [2.05, 4.69) is 10.3 Å². The zero-order valence-corrected chi connectivity index (χ0v) is 22.0. The molecule has 0 saturated carbocycles. The van der Waals surface area contributed by atoms with Crippen molar-refractivity contribution in [2.75, 3.05) is 11.1 Å². The molecule has 2 aromatic carbocycles. The van der Waals surface area contributed by atoms with Crippen LogP contribution in [-0.4, -0.2) is 21.2 Å². The standard InChI is InChI=1S/C25H20ClF4N3O2S2/c1-3-4-19-13(2)21-22(37-19)32-24(33(23(21)35)16-8-5-14(27)6-9-16)36-12-20(34)31-15-7-10-18(26)17(11-15)25(28,29)30/h5-11H,3-4,12H2,1-2H3,(H,31,34). The number of halogens is 5. The fraction of sp³-hybridized carbons (Fsp3) is 0.240. The summed E-state index contributed by atoms with van der Waals surface area (Å²) in [6.45, 7) is 3.90. The first-order valence-corrected chi connectivity index (χ1v) is 13.3. The molecule has 1 amide bonds. The van der Waals surface area contributed by atoms with Crippen molar-refractivity contribution in [3.05, 3.63) is 79.7 Å². The summed E-state index contributed by atoms with van der Waals surface area (Å²) in [6.07, 6.45) is -3.00. The summed E-state index contributed by atoms with van der Waals surface area (Å²) in [5.74, 6) is -1.32. The van der Waals surface area contributed by atoms with Gasteiger partial charge in [0, 0.05) is 10.6 Å². The third-order valence-electron chi connectivity index (χ3n) is 5.48. The third-order valence-corrected chi connectivity index (χ3v) is 8.00. The predicted octanol–water partition coefficient (Wildman–Crippen LogP) is 7.25. The highest BCUT2D eigenvalue weighted by Crippen LogP contribution is 2.36. The lowest BCUT2D eigenvalue weighted by Crippen LogP contribution is -2.23. The summed E-state index contributed by atoms with van der Waals surface area (Å²) in [7, 11) is 0. The van der Waals surface area contributed by atoms with Crippen LogP contribution >= 0.6 is 34.7 Å². The van der Waals surface area contributed by atoms with E-state index in [1.807, 2.05) is 13.8 Å². The molecule has 0 bridgehead atoms. The fourth-order valence-electron chi connectivity index (χ4n) is 3.74. The van der Waals surface area contributed by atoms with Crippen molar-refractivity contribution in [3.8, 4) is 5.69 Å². The lowest BCUT2D eigenvalue weighted by molar-refractivity contribution is -0.137. The van der Waals surface area contributed by atoms with Crippen molar-refractivity contribution in [1.82, 2.24) is 9.55 Å². The monoisotopic (exact) mass is 569 g/mol. The normalized spacial score (nSPS) is 11.8. The Balaban J connectivity index is 1.67. The minimum absolute atomic E-state index is 0.0697. The summed E-state index contributed by atoms with van der Waals surface area (Å²) in [6, 6.07) is 8.40. The van der Waals surface area contributed by atoms with E-state index in [9.17, 15) is 27.2 Å². The SMILES string of the molecule is CCCc1sc2nc(SCC(=O)Nc3ccc(Cl)c(C(F)(F)F)c3)n(-c3ccc(F)cc3)c(=O)c2c1C. The Morgan fingerprint density at radius 2 is 1.89 bits per heavy atom. The third kappa shape index (κ3) is 5.83. The van der Waals surface area contributed by atoms with Crippen LogP contribution in [0.4, 0.5) is 23.2 Å². The van der Waals surface area contributed by atoms with Gasteiger partial charge in [0.1, 0.15) is 10.6 Å². The number of fused-ring (bicyclic) bond motifs is 1. The van der Waals surface area contributed by atoms with E-state index >= 15 is 0 Å². The molecular weight excluding hydrogens is 550 g/mol. The molecule has 0 spiro atoms. The van der Waals surface area contributed by atoms with Gasteiger partial charge >= 0.3 is 6.18 Å². The number of hydrogen-bond donors (Lipinski definition) is 1. The first-order chi connectivity index (χ1) is 17.5. The highest BCUT2D eigenvalue weighted by molar-refractivity contribution is 7.99. The smallest absolute Gasteiger partial charge is 0.325 e. The zero-order valence-electron chi connectivity index (χ0n) is 19.6. The minimum atomic E-state index is -4.67. The van der Waals surface area contributed by atoms with Crippen LogP contribution < -0.4 is 10.9 Å². The maximum Gasteiger partial charge on any atom is 0.417 e. The molecule has 0 aliphatic rings. The fourth-order valence-corrected chi connectivity index (χ4v) is 6.10. The van der Waals surface area contributed by atoms with Crippen molar-refractivity contribution in [2.24, 2.45) is 0 Å². The van der Waals surface area contributed by atoms with Crippen LogP contribution in [0.5, 0.6) is 0 Å². The topological polar surface area (TPSA) is 64.0 Å². The van der Waals surface area contributed by atoms with E-state index < -0.39 is 28.5 Å². The summed E-state index contributed by atoms with van der Waals surface area (Å²) in [5.41, 5.74) is -0.262. The van der Waals surface area contributed by atoms with Gasteiger partial charge in [-0.25, -0.2) is 9.37 Å². The van der Waals surface area contributed by atoms with Gasteiger partial charge in [-0.05, 0) is 61.4 Å².